The molecule has 1 aromatic rings. The average molecular weight is 362 g/mol. The molecule has 0 aliphatic rings. The molecule has 0 fully saturated rings. The molecule has 2 unspecified atom stereocenters. The Kier molecular flexibility index (Phi) is 9.48. The van der Waals surface area contributed by atoms with Gasteiger partial charge in [0.2, 0.25) is 11.8 Å². The zero-order valence-corrected chi connectivity index (χ0v) is 14.8. The third-order valence-electron chi connectivity index (χ3n) is 3.66. The van der Waals surface area contributed by atoms with Crippen molar-refractivity contribution in [2.75, 3.05) is 13.6 Å². The first-order chi connectivity index (χ1) is 12.4. The number of likely N-dealkylation sites (N-methyl/N-ethyl adjacent to an activating group) is 1. The van der Waals surface area contributed by atoms with Gasteiger partial charge < -0.3 is 26.8 Å². The van der Waals surface area contributed by atoms with Crippen molar-refractivity contribution >= 4 is 17.9 Å². The molecule has 142 valence electrons. The second-order valence-corrected chi connectivity index (χ2v) is 5.76. The van der Waals surface area contributed by atoms with Crippen molar-refractivity contribution in [2.24, 2.45) is 5.73 Å². The summed E-state index contributed by atoms with van der Waals surface area (Å²) in [5.41, 5.74) is 6.88. The zero-order valence-electron chi connectivity index (χ0n) is 14.8. The minimum Gasteiger partial charge on any atom is -0.465 e. The van der Waals surface area contributed by atoms with E-state index in [2.05, 4.69) is 16.0 Å². The van der Waals surface area contributed by atoms with E-state index in [9.17, 15) is 14.4 Å². The summed E-state index contributed by atoms with van der Waals surface area (Å²) in [6.07, 6.45) is 3.22. The van der Waals surface area contributed by atoms with Gasteiger partial charge in [0, 0.05) is 19.7 Å². The predicted octanol–water partition coefficient (Wildman–Crippen LogP) is 0.391. The first-order valence-corrected chi connectivity index (χ1v) is 8.39. The van der Waals surface area contributed by atoms with Gasteiger partial charge in [-0.25, -0.2) is 4.79 Å². The standard InChI is InChI=1S/C18H26N4O4/c1-20-16(23)10-9-14(12-13-6-3-2-4-7-13)22-17(24)15(19)8-5-11-21-18(25)26/h2-4,6-7,9-10,14-15,21H,5,8,11-12,19H2,1H3,(H,20,23)(H,22,24)(H,25,26)/b10-9+. The number of amides is 3. The van der Waals surface area contributed by atoms with Gasteiger partial charge in [0.15, 0.2) is 0 Å². The van der Waals surface area contributed by atoms with Crippen LogP contribution in [0, 0.1) is 0 Å². The molecular weight excluding hydrogens is 336 g/mol. The lowest BCUT2D eigenvalue weighted by molar-refractivity contribution is -0.123. The van der Waals surface area contributed by atoms with E-state index in [1.807, 2.05) is 30.3 Å². The van der Waals surface area contributed by atoms with E-state index >= 15 is 0 Å². The van der Waals surface area contributed by atoms with Crippen molar-refractivity contribution in [1.29, 1.82) is 0 Å². The van der Waals surface area contributed by atoms with Crippen LogP contribution in [-0.4, -0.2) is 48.7 Å². The number of hydrogen-bond donors (Lipinski definition) is 5. The highest BCUT2D eigenvalue weighted by atomic mass is 16.4. The van der Waals surface area contributed by atoms with Crippen molar-refractivity contribution in [2.45, 2.75) is 31.3 Å². The fourth-order valence-corrected chi connectivity index (χ4v) is 2.26. The van der Waals surface area contributed by atoms with E-state index in [-0.39, 0.29) is 24.4 Å². The molecule has 0 bridgehead atoms. The van der Waals surface area contributed by atoms with Crippen LogP contribution in [0.15, 0.2) is 42.5 Å². The molecule has 6 N–H and O–H groups in total. The third-order valence-corrected chi connectivity index (χ3v) is 3.66. The Bertz CT molecular complexity index is 619. The molecule has 0 spiro atoms. The second-order valence-electron chi connectivity index (χ2n) is 5.76. The van der Waals surface area contributed by atoms with Crippen molar-refractivity contribution in [3.63, 3.8) is 0 Å². The summed E-state index contributed by atoms with van der Waals surface area (Å²) in [5.74, 6) is -0.607. The Hall–Kier alpha value is -2.87. The number of hydrogen-bond acceptors (Lipinski definition) is 4. The van der Waals surface area contributed by atoms with Gasteiger partial charge in [0.05, 0.1) is 12.1 Å². The first-order valence-electron chi connectivity index (χ1n) is 8.39. The summed E-state index contributed by atoms with van der Waals surface area (Å²) >= 11 is 0. The highest BCUT2D eigenvalue weighted by molar-refractivity contribution is 5.87. The molecule has 0 aliphatic carbocycles. The number of nitrogens with one attached hydrogen (secondary N) is 3. The Morgan fingerprint density at radius 2 is 1.92 bits per heavy atom. The van der Waals surface area contributed by atoms with E-state index in [0.717, 1.165) is 5.56 Å². The Balaban J connectivity index is 2.62. The van der Waals surface area contributed by atoms with Crippen LogP contribution < -0.4 is 21.7 Å². The van der Waals surface area contributed by atoms with Gasteiger partial charge in [-0.3, -0.25) is 9.59 Å². The highest BCUT2D eigenvalue weighted by Crippen LogP contribution is 2.05. The fourth-order valence-electron chi connectivity index (χ4n) is 2.26. The SMILES string of the molecule is CNC(=O)/C=C/C(Cc1ccccc1)NC(=O)C(N)CCCNC(=O)O. The monoisotopic (exact) mass is 362 g/mol. The van der Waals surface area contributed by atoms with E-state index in [1.54, 1.807) is 6.08 Å². The molecule has 0 radical (unpaired) electrons. The van der Waals surface area contributed by atoms with Crippen LogP contribution in [0.5, 0.6) is 0 Å². The molecule has 2 atom stereocenters. The maximum atomic E-state index is 12.3. The summed E-state index contributed by atoms with van der Waals surface area (Å²) in [6.45, 7) is 0.236. The number of benzene rings is 1. The minimum atomic E-state index is -1.11. The van der Waals surface area contributed by atoms with Gasteiger partial charge in [-0.05, 0) is 24.8 Å². The third kappa shape index (κ3) is 8.84. The van der Waals surface area contributed by atoms with E-state index in [4.69, 9.17) is 10.8 Å². The van der Waals surface area contributed by atoms with Crippen LogP contribution in [0.4, 0.5) is 4.79 Å². The molecule has 0 saturated heterocycles. The summed E-state index contributed by atoms with van der Waals surface area (Å²) < 4.78 is 0. The quantitative estimate of drug-likeness (QED) is 0.303. The lowest BCUT2D eigenvalue weighted by Crippen LogP contribution is -2.45. The lowest BCUT2D eigenvalue weighted by Gasteiger charge is -2.18. The molecule has 3 amide bonds. The Morgan fingerprint density at radius 3 is 2.54 bits per heavy atom. The second kappa shape index (κ2) is 11.6. The molecule has 1 rings (SSSR count). The van der Waals surface area contributed by atoms with Crippen molar-refractivity contribution in [3.05, 3.63) is 48.0 Å². The molecule has 0 aliphatic heterocycles. The van der Waals surface area contributed by atoms with Gasteiger partial charge in [-0.15, -0.1) is 0 Å². The van der Waals surface area contributed by atoms with E-state index in [0.29, 0.717) is 19.3 Å². The maximum Gasteiger partial charge on any atom is 0.404 e. The highest BCUT2D eigenvalue weighted by Gasteiger charge is 2.17. The van der Waals surface area contributed by atoms with Gasteiger partial charge in [-0.1, -0.05) is 36.4 Å². The Morgan fingerprint density at radius 1 is 1.23 bits per heavy atom. The summed E-state index contributed by atoms with van der Waals surface area (Å²) in [5, 5.41) is 16.0. The normalized spacial score (nSPS) is 13.0. The predicted molar refractivity (Wildman–Crippen MR) is 98.5 cm³/mol. The number of nitrogens with two attached hydrogens (primary N) is 1. The minimum absolute atomic E-state index is 0.236. The number of carboxylic acid groups (broad SMARTS) is 1. The number of rotatable bonds is 10. The smallest absolute Gasteiger partial charge is 0.404 e. The molecular formula is C18H26N4O4. The molecule has 0 heterocycles. The van der Waals surface area contributed by atoms with Crippen molar-refractivity contribution in [3.8, 4) is 0 Å². The van der Waals surface area contributed by atoms with Gasteiger partial charge in [0.1, 0.15) is 0 Å². The van der Waals surface area contributed by atoms with Gasteiger partial charge in [0.25, 0.3) is 0 Å². The van der Waals surface area contributed by atoms with E-state index < -0.39 is 12.1 Å². The van der Waals surface area contributed by atoms with Crippen LogP contribution in [0.1, 0.15) is 18.4 Å². The molecule has 0 aromatic heterocycles. The van der Waals surface area contributed by atoms with Crippen molar-refractivity contribution < 1.29 is 19.5 Å². The van der Waals surface area contributed by atoms with E-state index in [1.165, 1.54) is 13.1 Å². The number of carbonyl (C=O) groups excluding carboxylic acids is 2. The molecule has 8 nitrogen and oxygen atoms in total. The van der Waals surface area contributed by atoms with Crippen LogP contribution >= 0.6 is 0 Å². The fraction of sp³-hybridized carbons (Fsp3) is 0.389. The van der Waals surface area contributed by atoms with Crippen LogP contribution in [0.2, 0.25) is 0 Å². The zero-order chi connectivity index (χ0) is 19.4. The summed E-state index contributed by atoms with van der Waals surface area (Å²) in [7, 11) is 1.53. The lowest BCUT2D eigenvalue weighted by atomic mass is 10.0. The molecule has 8 heteroatoms. The maximum absolute atomic E-state index is 12.3. The van der Waals surface area contributed by atoms with Gasteiger partial charge in [-0.2, -0.15) is 0 Å². The molecule has 0 saturated carbocycles. The summed E-state index contributed by atoms with van der Waals surface area (Å²) in [6, 6.07) is 8.44. The van der Waals surface area contributed by atoms with Crippen molar-refractivity contribution in [1.82, 2.24) is 16.0 Å². The topological polar surface area (TPSA) is 134 Å². The van der Waals surface area contributed by atoms with Crippen LogP contribution in [-0.2, 0) is 16.0 Å². The largest absolute Gasteiger partial charge is 0.465 e. The van der Waals surface area contributed by atoms with Gasteiger partial charge >= 0.3 is 6.09 Å². The first kappa shape index (κ1) is 21.2. The average Bonchev–Trinajstić information content (AvgIpc) is 2.63. The van der Waals surface area contributed by atoms with Crippen LogP contribution in [0.3, 0.4) is 0 Å². The number of carbonyl (C=O) groups is 3. The summed E-state index contributed by atoms with van der Waals surface area (Å²) in [4.78, 5) is 34.1. The van der Waals surface area contributed by atoms with Crippen LogP contribution in [0.25, 0.3) is 0 Å². The molecule has 1 aromatic carbocycles. The molecule has 26 heavy (non-hydrogen) atoms. The Labute approximate surface area is 152 Å².